The van der Waals surface area contributed by atoms with Gasteiger partial charge in [0.2, 0.25) is 0 Å². The number of likely N-dealkylation sites (tertiary alicyclic amines) is 1. The van der Waals surface area contributed by atoms with Crippen LogP contribution >= 0.6 is 11.6 Å². The Hall–Kier alpha value is -1.40. The predicted molar refractivity (Wildman–Crippen MR) is 84.8 cm³/mol. The molecular formula is C16H21ClF2N2O2. The van der Waals surface area contributed by atoms with Gasteiger partial charge in [0.05, 0.1) is 18.6 Å². The van der Waals surface area contributed by atoms with Gasteiger partial charge in [0.25, 0.3) is 5.92 Å². The zero-order valence-corrected chi connectivity index (χ0v) is 14.1. The molecule has 0 aliphatic carbocycles. The van der Waals surface area contributed by atoms with E-state index in [0.717, 1.165) is 10.5 Å². The molecule has 1 heterocycles. The van der Waals surface area contributed by atoms with Gasteiger partial charge in [-0.15, -0.1) is 0 Å². The number of carbonyl (C=O) groups excluding carboxylic acids is 1. The first kappa shape index (κ1) is 17.9. The largest absolute Gasteiger partial charge is 0.444 e. The molecule has 0 spiro atoms. The Morgan fingerprint density at radius 3 is 2.70 bits per heavy atom. The van der Waals surface area contributed by atoms with E-state index < -0.39 is 36.2 Å². The molecule has 0 saturated carbocycles. The van der Waals surface area contributed by atoms with Crippen LogP contribution in [0.2, 0.25) is 5.02 Å². The van der Waals surface area contributed by atoms with Crippen molar-refractivity contribution in [1.82, 2.24) is 4.90 Å². The molecule has 1 saturated heterocycles. The third-order valence-corrected chi connectivity index (χ3v) is 3.88. The highest BCUT2D eigenvalue weighted by Gasteiger charge is 2.54. The molecule has 2 N–H and O–H groups in total. The van der Waals surface area contributed by atoms with Crippen LogP contribution in [0, 0.1) is 0 Å². The van der Waals surface area contributed by atoms with Gasteiger partial charge in [-0.1, -0.05) is 23.7 Å². The molecule has 0 aromatic heterocycles. The maximum Gasteiger partial charge on any atom is 0.410 e. The van der Waals surface area contributed by atoms with Crippen molar-refractivity contribution in [3.05, 3.63) is 34.9 Å². The maximum absolute atomic E-state index is 14.0. The van der Waals surface area contributed by atoms with Crippen LogP contribution in [0.15, 0.2) is 24.3 Å². The van der Waals surface area contributed by atoms with Gasteiger partial charge in [0.1, 0.15) is 5.60 Å². The average molecular weight is 347 g/mol. The number of nitrogens with zero attached hydrogens (tertiary/aromatic N) is 1. The van der Waals surface area contributed by atoms with E-state index in [1.165, 1.54) is 0 Å². The monoisotopic (exact) mass is 346 g/mol. The average Bonchev–Trinajstić information content (AvgIpc) is 2.61. The van der Waals surface area contributed by atoms with Crippen molar-refractivity contribution in [2.24, 2.45) is 5.73 Å². The van der Waals surface area contributed by atoms with Crippen LogP contribution in [0.4, 0.5) is 13.6 Å². The number of hydrogen-bond acceptors (Lipinski definition) is 3. The number of alkyl halides is 2. The van der Waals surface area contributed by atoms with Crippen molar-refractivity contribution >= 4 is 17.7 Å². The highest BCUT2D eigenvalue weighted by molar-refractivity contribution is 6.30. The molecule has 1 amide bonds. The Bertz CT molecular complexity index is 590. The second-order valence-corrected chi connectivity index (χ2v) is 7.23. The zero-order chi connectivity index (χ0) is 17.4. The van der Waals surface area contributed by atoms with Gasteiger partial charge in [-0.3, -0.25) is 4.90 Å². The van der Waals surface area contributed by atoms with Gasteiger partial charge < -0.3 is 10.5 Å². The van der Waals surface area contributed by atoms with Crippen molar-refractivity contribution in [3.63, 3.8) is 0 Å². The minimum Gasteiger partial charge on any atom is -0.444 e. The molecule has 2 rings (SSSR count). The molecule has 1 fully saturated rings. The summed E-state index contributed by atoms with van der Waals surface area (Å²) in [6, 6.07) is 4.57. The summed E-state index contributed by atoms with van der Waals surface area (Å²) in [5, 5.41) is 0.504. The minimum atomic E-state index is -3.15. The van der Waals surface area contributed by atoms with E-state index in [2.05, 4.69) is 0 Å². The number of halogens is 3. The van der Waals surface area contributed by atoms with Crippen molar-refractivity contribution in [2.75, 3.05) is 6.54 Å². The third kappa shape index (κ3) is 4.32. The molecule has 1 aromatic carbocycles. The Labute approximate surface area is 139 Å². The van der Waals surface area contributed by atoms with Crippen LogP contribution < -0.4 is 5.73 Å². The Morgan fingerprint density at radius 2 is 2.13 bits per heavy atom. The summed E-state index contributed by atoms with van der Waals surface area (Å²) < 4.78 is 33.3. The molecule has 4 nitrogen and oxygen atoms in total. The number of rotatable bonds is 2. The van der Waals surface area contributed by atoms with Crippen LogP contribution in [-0.4, -0.2) is 41.1 Å². The first-order chi connectivity index (χ1) is 10.5. The van der Waals surface area contributed by atoms with Crippen LogP contribution in [0.3, 0.4) is 0 Å². The predicted octanol–water partition coefficient (Wildman–Crippen LogP) is 3.46. The lowest BCUT2D eigenvalue weighted by Gasteiger charge is -2.29. The van der Waals surface area contributed by atoms with Crippen molar-refractivity contribution in [2.45, 2.75) is 50.8 Å². The summed E-state index contributed by atoms with van der Waals surface area (Å²) in [6.07, 6.45) is -0.589. The van der Waals surface area contributed by atoms with Crippen molar-refractivity contribution in [3.8, 4) is 0 Å². The molecule has 1 aliphatic heterocycles. The van der Waals surface area contributed by atoms with Gasteiger partial charge in [-0.05, 0) is 44.9 Å². The summed E-state index contributed by atoms with van der Waals surface area (Å²) >= 11 is 5.92. The molecule has 128 valence electrons. The standard InChI is InChI=1S/C16H21ClF2N2O2/c1-15(2,3)23-14(22)21-9-16(18,19)13(20)12(21)8-10-5-4-6-11(17)7-10/h4-7,12-13H,8-9,20H2,1-3H3/t12-,13?/m1/s1. The molecular weight excluding hydrogens is 326 g/mol. The third-order valence-electron chi connectivity index (χ3n) is 3.65. The number of hydrogen-bond donors (Lipinski definition) is 1. The number of ether oxygens (including phenoxy) is 1. The summed E-state index contributed by atoms with van der Waals surface area (Å²) in [4.78, 5) is 13.3. The number of nitrogens with two attached hydrogens (primary N) is 1. The van der Waals surface area contributed by atoms with E-state index in [4.69, 9.17) is 22.1 Å². The lowest BCUT2D eigenvalue weighted by atomic mass is 9.99. The van der Waals surface area contributed by atoms with Crippen LogP contribution in [-0.2, 0) is 11.2 Å². The second kappa shape index (κ2) is 6.24. The van der Waals surface area contributed by atoms with Gasteiger partial charge in [0, 0.05) is 5.02 Å². The fourth-order valence-corrected chi connectivity index (χ4v) is 2.80. The van der Waals surface area contributed by atoms with Crippen LogP contribution in [0.1, 0.15) is 26.3 Å². The molecule has 7 heteroatoms. The first-order valence-electron chi connectivity index (χ1n) is 7.37. The first-order valence-corrected chi connectivity index (χ1v) is 7.75. The van der Waals surface area contributed by atoms with Gasteiger partial charge >= 0.3 is 6.09 Å². The lowest BCUT2D eigenvalue weighted by Crippen LogP contribution is -2.47. The van der Waals surface area contributed by atoms with E-state index in [0.29, 0.717) is 5.02 Å². The van der Waals surface area contributed by atoms with E-state index >= 15 is 0 Å². The SMILES string of the molecule is CC(C)(C)OC(=O)N1CC(F)(F)C(N)[C@H]1Cc1cccc(Cl)c1. The normalized spacial score (nSPS) is 23.9. The smallest absolute Gasteiger partial charge is 0.410 e. The number of amides is 1. The molecule has 1 aliphatic rings. The van der Waals surface area contributed by atoms with E-state index in [-0.39, 0.29) is 6.42 Å². The van der Waals surface area contributed by atoms with Crippen molar-refractivity contribution in [1.29, 1.82) is 0 Å². The zero-order valence-electron chi connectivity index (χ0n) is 13.4. The van der Waals surface area contributed by atoms with Gasteiger partial charge in [-0.25, -0.2) is 13.6 Å². The number of carbonyl (C=O) groups is 1. The molecule has 0 radical (unpaired) electrons. The summed E-state index contributed by atoms with van der Waals surface area (Å²) in [5.41, 5.74) is 5.68. The van der Waals surface area contributed by atoms with Crippen LogP contribution in [0.5, 0.6) is 0 Å². The lowest BCUT2D eigenvalue weighted by molar-refractivity contribution is -0.00942. The molecule has 2 atom stereocenters. The van der Waals surface area contributed by atoms with E-state index in [1.807, 2.05) is 0 Å². The van der Waals surface area contributed by atoms with Crippen molar-refractivity contribution < 1.29 is 18.3 Å². The summed E-state index contributed by atoms with van der Waals surface area (Å²) in [7, 11) is 0. The number of benzene rings is 1. The second-order valence-electron chi connectivity index (χ2n) is 6.80. The molecule has 23 heavy (non-hydrogen) atoms. The maximum atomic E-state index is 14.0. The quantitative estimate of drug-likeness (QED) is 0.892. The van der Waals surface area contributed by atoms with E-state index in [9.17, 15) is 13.6 Å². The van der Waals surface area contributed by atoms with Crippen LogP contribution in [0.25, 0.3) is 0 Å². The minimum absolute atomic E-state index is 0.191. The Balaban J connectivity index is 2.23. The molecule has 0 bridgehead atoms. The summed E-state index contributed by atoms with van der Waals surface area (Å²) in [6.45, 7) is 4.31. The fourth-order valence-electron chi connectivity index (χ4n) is 2.59. The summed E-state index contributed by atoms with van der Waals surface area (Å²) in [5.74, 6) is -3.15. The molecule has 1 aromatic rings. The highest BCUT2D eigenvalue weighted by Crippen LogP contribution is 2.34. The molecule has 1 unspecified atom stereocenters. The Morgan fingerprint density at radius 1 is 1.48 bits per heavy atom. The van der Waals surface area contributed by atoms with Gasteiger partial charge in [-0.2, -0.15) is 0 Å². The van der Waals surface area contributed by atoms with E-state index in [1.54, 1.807) is 45.0 Å². The topological polar surface area (TPSA) is 55.6 Å². The fraction of sp³-hybridized carbons (Fsp3) is 0.562. The van der Waals surface area contributed by atoms with Gasteiger partial charge in [0.15, 0.2) is 0 Å². The highest BCUT2D eigenvalue weighted by atomic mass is 35.5. The Kier molecular flexibility index (Phi) is 4.87.